The molecular weight excluding hydrogens is 313 g/mol. The Morgan fingerprint density at radius 1 is 1.17 bits per heavy atom. The number of hydrogen-bond acceptors (Lipinski definition) is 3. The van der Waals surface area contributed by atoms with Gasteiger partial charge in [-0.25, -0.2) is 4.39 Å². The van der Waals surface area contributed by atoms with E-state index in [1.165, 1.54) is 42.1 Å². The van der Waals surface area contributed by atoms with Gasteiger partial charge in [0.05, 0.1) is 10.6 Å². The number of benzene rings is 1. The Bertz CT molecular complexity index is 751. The SMILES string of the molecule is CCSc1c(C(=O)c2ccc(F)cc2)ccc(=O)n1CC(C)C. The average Bonchev–Trinajstić information content (AvgIpc) is 2.51. The number of carbonyl (C=O) groups is 1. The van der Waals surface area contributed by atoms with Gasteiger partial charge in [0, 0.05) is 18.2 Å². The molecule has 0 saturated carbocycles. The number of pyridine rings is 1. The van der Waals surface area contributed by atoms with E-state index < -0.39 is 0 Å². The van der Waals surface area contributed by atoms with Gasteiger partial charge in [0.15, 0.2) is 5.78 Å². The van der Waals surface area contributed by atoms with Gasteiger partial charge in [0.2, 0.25) is 0 Å². The largest absolute Gasteiger partial charge is 0.302 e. The van der Waals surface area contributed by atoms with E-state index in [4.69, 9.17) is 0 Å². The van der Waals surface area contributed by atoms with Gasteiger partial charge in [0.25, 0.3) is 5.56 Å². The van der Waals surface area contributed by atoms with Crippen molar-refractivity contribution in [3.8, 4) is 0 Å². The number of aromatic nitrogens is 1. The maximum atomic E-state index is 13.1. The summed E-state index contributed by atoms with van der Waals surface area (Å²) in [6.45, 7) is 6.60. The molecule has 0 saturated heterocycles. The highest BCUT2D eigenvalue weighted by Crippen LogP contribution is 2.24. The summed E-state index contributed by atoms with van der Waals surface area (Å²) >= 11 is 1.48. The van der Waals surface area contributed by atoms with Crippen LogP contribution in [0.4, 0.5) is 4.39 Å². The third-order valence-corrected chi connectivity index (χ3v) is 4.32. The average molecular weight is 333 g/mol. The fraction of sp³-hybridized carbons (Fsp3) is 0.333. The highest BCUT2D eigenvalue weighted by atomic mass is 32.2. The van der Waals surface area contributed by atoms with Crippen LogP contribution in [-0.2, 0) is 6.54 Å². The molecule has 1 aromatic carbocycles. The topological polar surface area (TPSA) is 39.1 Å². The highest BCUT2D eigenvalue weighted by molar-refractivity contribution is 7.99. The van der Waals surface area contributed by atoms with Crippen LogP contribution < -0.4 is 5.56 Å². The van der Waals surface area contributed by atoms with Crippen LogP contribution in [0.2, 0.25) is 0 Å². The van der Waals surface area contributed by atoms with Crippen molar-refractivity contribution in [1.29, 1.82) is 0 Å². The molecule has 1 aromatic heterocycles. The summed E-state index contributed by atoms with van der Waals surface area (Å²) < 4.78 is 14.7. The molecule has 3 nitrogen and oxygen atoms in total. The minimum Gasteiger partial charge on any atom is -0.302 e. The lowest BCUT2D eigenvalue weighted by atomic mass is 10.0. The van der Waals surface area contributed by atoms with Crippen LogP contribution in [0.5, 0.6) is 0 Å². The second-order valence-electron chi connectivity index (χ2n) is 5.66. The van der Waals surface area contributed by atoms with Crippen LogP contribution in [0, 0.1) is 11.7 Å². The second kappa shape index (κ2) is 7.59. The molecule has 23 heavy (non-hydrogen) atoms. The maximum Gasteiger partial charge on any atom is 0.251 e. The molecule has 0 radical (unpaired) electrons. The Hall–Kier alpha value is -1.88. The van der Waals surface area contributed by atoms with Crippen molar-refractivity contribution in [2.45, 2.75) is 32.3 Å². The number of ketones is 1. The van der Waals surface area contributed by atoms with Gasteiger partial charge in [-0.15, -0.1) is 11.8 Å². The number of rotatable bonds is 6. The first-order chi connectivity index (χ1) is 10.9. The Morgan fingerprint density at radius 2 is 1.83 bits per heavy atom. The fourth-order valence-electron chi connectivity index (χ4n) is 2.32. The number of carbonyl (C=O) groups excluding carboxylic acids is 1. The van der Waals surface area contributed by atoms with Crippen LogP contribution in [0.25, 0.3) is 0 Å². The number of halogens is 1. The van der Waals surface area contributed by atoms with Crippen LogP contribution in [0.15, 0.2) is 46.2 Å². The molecule has 0 aliphatic rings. The molecule has 5 heteroatoms. The van der Waals surface area contributed by atoms with E-state index in [0.29, 0.717) is 28.6 Å². The van der Waals surface area contributed by atoms with Gasteiger partial charge >= 0.3 is 0 Å². The molecule has 0 amide bonds. The predicted octanol–water partition coefficient (Wildman–Crippen LogP) is 3.99. The van der Waals surface area contributed by atoms with E-state index in [-0.39, 0.29) is 17.2 Å². The predicted molar refractivity (Wildman–Crippen MR) is 91.8 cm³/mol. The lowest BCUT2D eigenvalue weighted by Gasteiger charge is -2.17. The summed E-state index contributed by atoms with van der Waals surface area (Å²) in [4.78, 5) is 24.9. The first kappa shape index (κ1) is 17.5. The van der Waals surface area contributed by atoms with E-state index in [2.05, 4.69) is 0 Å². The van der Waals surface area contributed by atoms with Crippen LogP contribution in [-0.4, -0.2) is 16.1 Å². The first-order valence-electron chi connectivity index (χ1n) is 7.61. The molecule has 0 bridgehead atoms. The maximum absolute atomic E-state index is 13.1. The summed E-state index contributed by atoms with van der Waals surface area (Å²) in [5.74, 6) is 0.471. The minimum absolute atomic E-state index is 0.106. The summed E-state index contributed by atoms with van der Waals surface area (Å²) in [6, 6.07) is 8.47. The third-order valence-electron chi connectivity index (χ3n) is 3.31. The van der Waals surface area contributed by atoms with E-state index >= 15 is 0 Å². The van der Waals surface area contributed by atoms with Crippen molar-refractivity contribution in [2.24, 2.45) is 5.92 Å². The minimum atomic E-state index is -0.380. The standard InChI is InChI=1S/C18H20FNO2S/c1-4-23-18-15(9-10-16(21)20(18)11-12(2)3)17(22)13-5-7-14(19)8-6-13/h5-10,12H,4,11H2,1-3H3. The summed E-state index contributed by atoms with van der Waals surface area (Å²) in [5, 5.41) is 0.683. The molecule has 0 aliphatic heterocycles. The Balaban J connectivity index is 2.54. The zero-order valence-electron chi connectivity index (χ0n) is 13.5. The monoisotopic (exact) mass is 333 g/mol. The Kier molecular flexibility index (Phi) is 5.77. The van der Waals surface area contributed by atoms with Crippen LogP contribution in [0.3, 0.4) is 0 Å². The quantitative estimate of drug-likeness (QED) is 0.593. The van der Waals surface area contributed by atoms with E-state index in [0.717, 1.165) is 5.75 Å². The zero-order chi connectivity index (χ0) is 17.0. The van der Waals surface area contributed by atoms with E-state index in [9.17, 15) is 14.0 Å². The van der Waals surface area contributed by atoms with Gasteiger partial charge in [0.1, 0.15) is 5.82 Å². The molecule has 2 rings (SSSR count). The van der Waals surface area contributed by atoms with Crippen molar-refractivity contribution in [3.63, 3.8) is 0 Å². The summed E-state index contributed by atoms with van der Waals surface area (Å²) in [7, 11) is 0. The lowest BCUT2D eigenvalue weighted by molar-refractivity contribution is 0.103. The summed E-state index contributed by atoms with van der Waals surface area (Å²) in [5.41, 5.74) is 0.799. The van der Waals surface area contributed by atoms with Crippen molar-refractivity contribution in [2.75, 3.05) is 5.75 Å². The van der Waals surface area contributed by atoms with Crippen molar-refractivity contribution < 1.29 is 9.18 Å². The van der Waals surface area contributed by atoms with Gasteiger partial charge < -0.3 is 4.57 Å². The normalized spacial score (nSPS) is 11.0. The molecule has 0 fully saturated rings. The zero-order valence-corrected chi connectivity index (χ0v) is 14.3. The Labute approximate surface area is 139 Å². The smallest absolute Gasteiger partial charge is 0.251 e. The Morgan fingerprint density at radius 3 is 2.39 bits per heavy atom. The first-order valence-corrected chi connectivity index (χ1v) is 8.59. The molecule has 0 aliphatic carbocycles. The van der Waals surface area contributed by atoms with Crippen molar-refractivity contribution in [1.82, 2.24) is 4.57 Å². The van der Waals surface area contributed by atoms with Gasteiger partial charge in [-0.05, 0) is 42.0 Å². The molecule has 1 heterocycles. The number of hydrogen-bond donors (Lipinski definition) is 0. The number of nitrogens with zero attached hydrogens (tertiary/aromatic N) is 1. The van der Waals surface area contributed by atoms with Gasteiger partial charge in [-0.3, -0.25) is 9.59 Å². The van der Waals surface area contributed by atoms with Crippen LogP contribution in [0.1, 0.15) is 36.7 Å². The van der Waals surface area contributed by atoms with E-state index in [1.54, 1.807) is 10.6 Å². The van der Waals surface area contributed by atoms with E-state index in [1.807, 2.05) is 20.8 Å². The van der Waals surface area contributed by atoms with Gasteiger partial charge in [-0.1, -0.05) is 20.8 Å². The molecule has 0 unspecified atom stereocenters. The molecular formula is C18H20FNO2S. The molecule has 0 spiro atoms. The fourth-order valence-corrected chi connectivity index (χ4v) is 3.23. The summed E-state index contributed by atoms with van der Waals surface area (Å²) in [6.07, 6.45) is 0. The van der Waals surface area contributed by atoms with Crippen molar-refractivity contribution >= 4 is 17.5 Å². The molecule has 122 valence electrons. The third kappa shape index (κ3) is 4.10. The molecule has 0 N–H and O–H groups in total. The van der Waals surface area contributed by atoms with Crippen LogP contribution >= 0.6 is 11.8 Å². The number of thioether (sulfide) groups is 1. The second-order valence-corrected chi connectivity index (χ2v) is 6.92. The molecule has 2 aromatic rings. The van der Waals surface area contributed by atoms with Gasteiger partial charge in [-0.2, -0.15) is 0 Å². The highest BCUT2D eigenvalue weighted by Gasteiger charge is 2.18. The lowest BCUT2D eigenvalue weighted by Crippen LogP contribution is -2.25. The van der Waals surface area contributed by atoms with Crippen molar-refractivity contribution in [3.05, 3.63) is 63.7 Å². The molecule has 0 atom stereocenters.